The smallest absolute Gasteiger partial charge is 0.192 e. The molecule has 4 heteroatoms. The summed E-state index contributed by atoms with van der Waals surface area (Å²) in [5.41, 5.74) is 4.04. The molecule has 0 unspecified atom stereocenters. The topological polar surface area (TPSA) is 35.0 Å². The number of nitrogens with zero attached hydrogens (tertiary/aromatic N) is 2. The van der Waals surface area contributed by atoms with E-state index < -0.39 is 0 Å². The highest BCUT2D eigenvalue weighted by Gasteiger charge is 2.11. The van der Waals surface area contributed by atoms with Gasteiger partial charge in [0.2, 0.25) is 0 Å². The largest absolute Gasteiger partial charge is 0.425 e. The van der Waals surface area contributed by atoms with Crippen molar-refractivity contribution < 1.29 is 3.07 Å². The average Bonchev–Trinajstić information content (AvgIpc) is 2.68. The molecular weight excluding hydrogens is 411 g/mol. The quantitative estimate of drug-likeness (QED) is 0.396. The van der Waals surface area contributed by atoms with Crippen LogP contribution in [0, 0.1) is 0 Å². The molecule has 0 N–H and O–H groups in total. The summed E-state index contributed by atoms with van der Waals surface area (Å²) < 4.78 is 5.56. The Morgan fingerprint density at radius 1 is 0.750 bits per heavy atom. The second kappa shape index (κ2) is 6.57. The van der Waals surface area contributed by atoms with Crippen LogP contribution < -0.4 is 3.07 Å². The van der Waals surface area contributed by atoms with Gasteiger partial charge >= 0.3 is 0 Å². The fraction of sp³-hybridized carbons (Fsp3) is 0. The lowest BCUT2D eigenvalue weighted by Gasteiger charge is -2.09. The Labute approximate surface area is 154 Å². The van der Waals surface area contributed by atoms with Crippen LogP contribution in [-0.2, 0) is 0 Å². The molecule has 0 saturated heterocycles. The maximum Gasteiger partial charge on any atom is 0.192 e. The average molecular weight is 424 g/mol. The number of hydrogen-bond donors (Lipinski definition) is 0. The van der Waals surface area contributed by atoms with Crippen LogP contribution >= 0.6 is 23.0 Å². The van der Waals surface area contributed by atoms with Crippen LogP contribution in [0.3, 0.4) is 0 Å². The van der Waals surface area contributed by atoms with E-state index in [9.17, 15) is 0 Å². The van der Waals surface area contributed by atoms with Gasteiger partial charge < -0.3 is 3.07 Å². The van der Waals surface area contributed by atoms with Crippen molar-refractivity contribution in [1.29, 1.82) is 0 Å². The molecule has 0 saturated carbocycles. The molecule has 0 spiro atoms. The van der Waals surface area contributed by atoms with Crippen molar-refractivity contribution in [2.45, 2.75) is 0 Å². The Morgan fingerprint density at radius 2 is 1.42 bits per heavy atom. The highest BCUT2D eigenvalue weighted by atomic mass is 127. The van der Waals surface area contributed by atoms with Gasteiger partial charge in [-0.05, 0) is 23.3 Å². The summed E-state index contributed by atoms with van der Waals surface area (Å²) in [5.74, 6) is 1.44. The Kier molecular flexibility index (Phi) is 4.13. The second-order valence-corrected chi connectivity index (χ2v) is 5.86. The first-order valence-electron chi connectivity index (χ1n) is 7.55. The van der Waals surface area contributed by atoms with Gasteiger partial charge in [-0.1, -0.05) is 60.7 Å². The number of hydrogen-bond acceptors (Lipinski definition) is 3. The molecule has 0 fully saturated rings. The predicted octanol–water partition coefficient (Wildman–Crippen LogP) is 5.69. The molecule has 0 aliphatic heterocycles. The van der Waals surface area contributed by atoms with E-state index in [4.69, 9.17) is 8.05 Å². The second-order valence-electron chi connectivity index (χ2n) is 5.42. The van der Waals surface area contributed by atoms with Gasteiger partial charge in [0, 0.05) is 17.1 Å². The molecule has 3 nitrogen and oxygen atoms in total. The Morgan fingerprint density at radius 3 is 2.08 bits per heavy atom. The third kappa shape index (κ3) is 2.85. The van der Waals surface area contributed by atoms with Crippen molar-refractivity contribution in [3.05, 3.63) is 79.0 Å². The molecule has 3 aromatic carbocycles. The van der Waals surface area contributed by atoms with Crippen molar-refractivity contribution in [2.75, 3.05) is 0 Å². The summed E-state index contributed by atoms with van der Waals surface area (Å²) in [6.45, 7) is 0. The lowest BCUT2D eigenvalue weighted by atomic mass is 10.0. The summed E-state index contributed by atoms with van der Waals surface area (Å²) in [5, 5.41) is 0.961. The molecule has 1 heterocycles. The number of aromatic nitrogens is 2. The normalized spacial score (nSPS) is 10.7. The van der Waals surface area contributed by atoms with Crippen LogP contribution in [0.4, 0.5) is 0 Å². The maximum absolute atomic E-state index is 5.56. The molecule has 0 radical (unpaired) electrons. The zero-order valence-electron chi connectivity index (χ0n) is 12.7. The lowest BCUT2D eigenvalue weighted by molar-refractivity contribution is 0.723. The van der Waals surface area contributed by atoms with Crippen LogP contribution in [0.1, 0.15) is 0 Å². The van der Waals surface area contributed by atoms with E-state index in [1.807, 2.05) is 83.8 Å². The van der Waals surface area contributed by atoms with Gasteiger partial charge in [-0.2, -0.15) is 0 Å². The third-order valence-electron chi connectivity index (χ3n) is 3.87. The number of fused-ring (bicyclic) bond motifs is 1. The molecule has 24 heavy (non-hydrogen) atoms. The summed E-state index contributed by atoms with van der Waals surface area (Å²) in [7, 11) is 0. The summed E-state index contributed by atoms with van der Waals surface area (Å²) in [4.78, 5) is 9.23. The van der Waals surface area contributed by atoms with Gasteiger partial charge in [-0.3, -0.25) is 0 Å². The number of rotatable bonds is 3. The van der Waals surface area contributed by atoms with E-state index in [2.05, 4.69) is 23.2 Å². The number of halogens is 1. The fourth-order valence-corrected chi connectivity index (χ4v) is 3.03. The summed E-state index contributed by atoms with van der Waals surface area (Å²) in [6.07, 6.45) is 1.86. The van der Waals surface area contributed by atoms with E-state index in [0.29, 0.717) is 5.82 Å². The van der Waals surface area contributed by atoms with Crippen molar-refractivity contribution in [2.24, 2.45) is 0 Å². The highest BCUT2D eigenvalue weighted by molar-refractivity contribution is 14.1. The maximum atomic E-state index is 5.56. The fourth-order valence-electron chi connectivity index (χ4n) is 2.70. The number of benzene rings is 3. The van der Waals surface area contributed by atoms with Crippen LogP contribution in [-0.4, -0.2) is 9.97 Å². The van der Waals surface area contributed by atoms with E-state index in [1.54, 1.807) is 0 Å². The zero-order chi connectivity index (χ0) is 16.4. The van der Waals surface area contributed by atoms with E-state index >= 15 is 0 Å². The first-order chi connectivity index (χ1) is 11.8. The van der Waals surface area contributed by atoms with E-state index in [1.165, 1.54) is 0 Å². The molecule has 0 bridgehead atoms. The van der Waals surface area contributed by atoms with Gasteiger partial charge in [-0.25, -0.2) is 9.97 Å². The minimum atomic E-state index is 0.699. The molecule has 0 aliphatic carbocycles. The van der Waals surface area contributed by atoms with Crippen molar-refractivity contribution in [3.63, 3.8) is 0 Å². The molecule has 0 aliphatic rings. The van der Waals surface area contributed by atoms with Crippen molar-refractivity contribution in [1.82, 2.24) is 9.97 Å². The van der Waals surface area contributed by atoms with Crippen molar-refractivity contribution >= 4 is 33.9 Å². The van der Waals surface area contributed by atoms with Gasteiger partial charge in [0.1, 0.15) is 5.52 Å². The Hall–Kier alpha value is -2.47. The minimum absolute atomic E-state index is 0.699. The van der Waals surface area contributed by atoms with E-state index in [0.717, 1.165) is 33.3 Å². The third-order valence-corrected chi connectivity index (χ3v) is 4.34. The Bertz CT molecular complexity index is 988. The molecule has 0 atom stereocenters. The highest BCUT2D eigenvalue weighted by Crippen LogP contribution is 2.33. The van der Waals surface area contributed by atoms with E-state index in [-0.39, 0.29) is 0 Å². The molecular formula is C20H13IN2O. The monoisotopic (exact) mass is 424 g/mol. The van der Waals surface area contributed by atoms with Crippen LogP contribution in [0.5, 0.6) is 5.75 Å². The van der Waals surface area contributed by atoms with Crippen LogP contribution in [0.15, 0.2) is 79.0 Å². The lowest BCUT2D eigenvalue weighted by Crippen LogP contribution is -1.92. The van der Waals surface area contributed by atoms with Gasteiger partial charge in [0.15, 0.2) is 34.6 Å². The first-order valence-corrected chi connectivity index (χ1v) is 8.43. The molecule has 0 amide bonds. The van der Waals surface area contributed by atoms with Gasteiger partial charge in [-0.15, -0.1) is 0 Å². The SMILES string of the molecule is IOc1cc(-c2ccccc2)cc2cnc(-c3ccccc3)nc12. The van der Waals surface area contributed by atoms with Gasteiger partial charge in [0.25, 0.3) is 0 Å². The predicted molar refractivity (Wildman–Crippen MR) is 105 cm³/mol. The standard InChI is InChI=1S/C20H13IN2O/c21-24-18-12-16(14-7-3-1-4-8-14)11-17-13-22-20(23-19(17)18)15-9-5-2-6-10-15/h1-13H. The molecule has 4 aromatic rings. The summed E-state index contributed by atoms with van der Waals surface area (Å²) in [6, 6.07) is 24.3. The van der Waals surface area contributed by atoms with Crippen LogP contribution in [0.2, 0.25) is 0 Å². The first kappa shape index (κ1) is 15.1. The molecule has 1 aromatic heterocycles. The summed E-state index contributed by atoms with van der Waals surface area (Å²) >= 11 is 1.90. The Balaban J connectivity index is 1.89. The molecule has 4 rings (SSSR count). The minimum Gasteiger partial charge on any atom is -0.425 e. The van der Waals surface area contributed by atoms with Crippen molar-refractivity contribution in [3.8, 4) is 28.3 Å². The van der Waals surface area contributed by atoms with Crippen LogP contribution in [0.25, 0.3) is 33.4 Å². The van der Waals surface area contributed by atoms with Gasteiger partial charge in [0.05, 0.1) is 0 Å². The molecule has 116 valence electrons. The zero-order valence-corrected chi connectivity index (χ0v) is 14.8.